The Kier molecular flexibility index (Phi) is 4.01. The van der Waals surface area contributed by atoms with Gasteiger partial charge in [0, 0.05) is 24.2 Å². The van der Waals surface area contributed by atoms with Gasteiger partial charge >= 0.3 is 0 Å². The van der Waals surface area contributed by atoms with E-state index in [1.165, 1.54) is 0 Å². The lowest BCUT2D eigenvalue weighted by molar-refractivity contribution is -0.116. The molecule has 0 aliphatic carbocycles. The third-order valence-electron chi connectivity index (χ3n) is 4.11. The number of carbonyl (C=O) groups excluding carboxylic acids is 1. The Morgan fingerprint density at radius 1 is 1.20 bits per heavy atom. The molecule has 2 heterocycles. The van der Waals surface area contributed by atoms with Crippen LogP contribution in [0.15, 0.2) is 42.7 Å². The zero-order valence-electron chi connectivity index (χ0n) is 14.0. The number of benzene rings is 2. The fraction of sp³-hybridized carbons (Fsp3) is 0.263. The summed E-state index contributed by atoms with van der Waals surface area (Å²) in [6.07, 6.45) is 2.52. The van der Waals surface area contributed by atoms with Gasteiger partial charge in [-0.05, 0) is 24.6 Å². The van der Waals surface area contributed by atoms with Crippen molar-refractivity contribution in [2.75, 3.05) is 18.5 Å². The number of nitrogens with zero attached hydrogens (tertiary/aromatic N) is 2. The summed E-state index contributed by atoms with van der Waals surface area (Å²) < 4.78 is 13.2. The van der Waals surface area contributed by atoms with Crippen LogP contribution in [0.4, 0.5) is 5.69 Å². The molecule has 1 aromatic heterocycles. The Labute approximate surface area is 145 Å². The average molecular weight is 337 g/mol. The minimum atomic E-state index is -0.1000. The van der Waals surface area contributed by atoms with Crippen molar-refractivity contribution in [1.82, 2.24) is 9.55 Å². The third kappa shape index (κ3) is 3.28. The number of amides is 1. The van der Waals surface area contributed by atoms with Gasteiger partial charge in [-0.1, -0.05) is 12.1 Å². The summed E-state index contributed by atoms with van der Waals surface area (Å²) in [5.74, 6) is 1.31. The molecule has 0 atom stereocenters. The summed E-state index contributed by atoms with van der Waals surface area (Å²) in [6, 6.07) is 11.5. The Balaban J connectivity index is 1.57. The Bertz CT molecular complexity index is 933. The minimum absolute atomic E-state index is 0.1000. The second-order valence-corrected chi connectivity index (χ2v) is 6.13. The van der Waals surface area contributed by atoms with Crippen molar-refractivity contribution in [1.29, 1.82) is 0 Å². The first-order valence-electron chi connectivity index (χ1n) is 8.30. The Morgan fingerprint density at radius 2 is 2.00 bits per heavy atom. The van der Waals surface area contributed by atoms with E-state index >= 15 is 0 Å². The monoisotopic (exact) mass is 337 g/mol. The molecule has 0 unspecified atom stereocenters. The molecule has 0 spiro atoms. The number of aromatic nitrogens is 2. The molecule has 2 aromatic carbocycles. The van der Waals surface area contributed by atoms with Gasteiger partial charge in [0.2, 0.25) is 5.91 Å². The standard InChI is InChI=1S/C19H19N3O3/c1-13-4-2-5-14(8-13)21-19(23)11-22-12-20-15-9-17-18(10-16(15)22)25-7-3-6-24-17/h2,4-5,8-10,12H,3,6-7,11H2,1H3,(H,21,23). The number of ether oxygens (including phenoxy) is 2. The summed E-state index contributed by atoms with van der Waals surface area (Å²) in [4.78, 5) is 16.7. The highest BCUT2D eigenvalue weighted by atomic mass is 16.5. The fourth-order valence-corrected chi connectivity index (χ4v) is 2.92. The number of fused-ring (bicyclic) bond motifs is 2. The quantitative estimate of drug-likeness (QED) is 0.797. The van der Waals surface area contributed by atoms with E-state index < -0.39 is 0 Å². The average Bonchev–Trinajstić information content (AvgIpc) is 2.81. The van der Waals surface area contributed by atoms with Gasteiger partial charge in [-0.2, -0.15) is 0 Å². The summed E-state index contributed by atoms with van der Waals surface area (Å²) in [7, 11) is 0. The van der Waals surface area contributed by atoms with Crippen LogP contribution in [0.1, 0.15) is 12.0 Å². The first kappa shape index (κ1) is 15.5. The van der Waals surface area contributed by atoms with Gasteiger partial charge in [0.15, 0.2) is 11.5 Å². The van der Waals surface area contributed by atoms with Gasteiger partial charge in [-0.15, -0.1) is 0 Å². The molecule has 128 valence electrons. The van der Waals surface area contributed by atoms with Crippen molar-refractivity contribution in [3.63, 3.8) is 0 Å². The predicted molar refractivity (Wildman–Crippen MR) is 95.1 cm³/mol. The number of nitrogens with one attached hydrogen (secondary N) is 1. The summed E-state index contributed by atoms with van der Waals surface area (Å²) in [5, 5.41) is 2.91. The zero-order chi connectivity index (χ0) is 17.2. The first-order chi connectivity index (χ1) is 12.2. The van der Waals surface area contributed by atoms with Crippen molar-refractivity contribution >= 4 is 22.6 Å². The highest BCUT2D eigenvalue weighted by Gasteiger charge is 2.15. The molecular weight excluding hydrogens is 318 g/mol. The SMILES string of the molecule is Cc1cccc(NC(=O)Cn2cnc3cc4c(cc32)OCCCO4)c1. The molecule has 3 aromatic rings. The van der Waals surface area contributed by atoms with Gasteiger partial charge in [-0.25, -0.2) is 4.98 Å². The van der Waals surface area contributed by atoms with Crippen LogP contribution in [0.25, 0.3) is 11.0 Å². The van der Waals surface area contributed by atoms with Crippen molar-refractivity contribution in [2.45, 2.75) is 19.9 Å². The van der Waals surface area contributed by atoms with E-state index in [4.69, 9.17) is 9.47 Å². The van der Waals surface area contributed by atoms with E-state index in [1.54, 1.807) is 6.33 Å². The number of carbonyl (C=O) groups is 1. The number of anilines is 1. The van der Waals surface area contributed by atoms with E-state index in [0.717, 1.165) is 28.7 Å². The van der Waals surface area contributed by atoms with Gasteiger partial charge in [-0.3, -0.25) is 4.79 Å². The topological polar surface area (TPSA) is 65.4 Å². The van der Waals surface area contributed by atoms with Gasteiger partial charge in [0.25, 0.3) is 0 Å². The molecule has 0 bridgehead atoms. The number of hydrogen-bond donors (Lipinski definition) is 1. The van der Waals surface area contributed by atoms with Crippen molar-refractivity contribution in [3.05, 3.63) is 48.3 Å². The zero-order valence-corrected chi connectivity index (χ0v) is 14.0. The molecule has 25 heavy (non-hydrogen) atoms. The molecular formula is C19H19N3O3. The van der Waals surface area contributed by atoms with Crippen LogP contribution in [0.5, 0.6) is 11.5 Å². The molecule has 0 saturated heterocycles. The highest BCUT2D eigenvalue weighted by Crippen LogP contribution is 2.33. The molecule has 1 aliphatic heterocycles. The molecule has 0 fully saturated rings. The van der Waals surface area contributed by atoms with E-state index in [9.17, 15) is 4.79 Å². The normalized spacial score (nSPS) is 13.5. The molecule has 1 N–H and O–H groups in total. The van der Waals surface area contributed by atoms with E-state index in [2.05, 4.69) is 10.3 Å². The van der Waals surface area contributed by atoms with Crippen LogP contribution < -0.4 is 14.8 Å². The second kappa shape index (κ2) is 6.47. The van der Waals surface area contributed by atoms with Crippen molar-refractivity contribution < 1.29 is 14.3 Å². The smallest absolute Gasteiger partial charge is 0.244 e. The van der Waals surface area contributed by atoms with Crippen LogP contribution in [-0.4, -0.2) is 28.7 Å². The van der Waals surface area contributed by atoms with Crippen LogP contribution in [0.2, 0.25) is 0 Å². The lowest BCUT2D eigenvalue weighted by Crippen LogP contribution is -2.18. The van der Waals surface area contributed by atoms with E-state index in [1.807, 2.05) is 47.9 Å². The fourth-order valence-electron chi connectivity index (χ4n) is 2.92. The van der Waals surface area contributed by atoms with Gasteiger partial charge < -0.3 is 19.4 Å². The lowest BCUT2D eigenvalue weighted by atomic mass is 10.2. The van der Waals surface area contributed by atoms with Crippen LogP contribution in [-0.2, 0) is 11.3 Å². The molecule has 0 radical (unpaired) electrons. The maximum Gasteiger partial charge on any atom is 0.244 e. The second-order valence-electron chi connectivity index (χ2n) is 6.13. The third-order valence-corrected chi connectivity index (χ3v) is 4.11. The number of aryl methyl sites for hydroxylation is 1. The maximum absolute atomic E-state index is 12.4. The molecule has 1 amide bonds. The minimum Gasteiger partial charge on any atom is -0.489 e. The van der Waals surface area contributed by atoms with E-state index in [-0.39, 0.29) is 12.5 Å². The van der Waals surface area contributed by atoms with Crippen LogP contribution in [0.3, 0.4) is 0 Å². The van der Waals surface area contributed by atoms with Gasteiger partial charge in [0.05, 0.1) is 30.6 Å². The molecule has 1 aliphatic rings. The van der Waals surface area contributed by atoms with Crippen molar-refractivity contribution in [3.8, 4) is 11.5 Å². The summed E-state index contributed by atoms with van der Waals surface area (Å²) >= 11 is 0. The maximum atomic E-state index is 12.4. The summed E-state index contributed by atoms with van der Waals surface area (Å²) in [6.45, 7) is 3.44. The lowest BCUT2D eigenvalue weighted by Gasteiger charge is -2.09. The Morgan fingerprint density at radius 3 is 2.80 bits per heavy atom. The largest absolute Gasteiger partial charge is 0.489 e. The predicted octanol–water partition coefficient (Wildman–Crippen LogP) is 3.14. The Hall–Kier alpha value is -3.02. The summed E-state index contributed by atoms with van der Waals surface area (Å²) in [5.41, 5.74) is 3.53. The number of hydrogen-bond acceptors (Lipinski definition) is 4. The molecule has 6 nitrogen and oxygen atoms in total. The first-order valence-corrected chi connectivity index (χ1v) is 8.30. The highest BCUT2D eigenvalue weighted by molar-refractivity contribution is 5.92. The number of rotatable bonds is 3. The van der Waals surface area contributed by atoms with E-state index in [0.29, 0.717) is 24.7 Å². The van der Waals surface area contributed by atoms with Crippen LogP contribution >= 0.6 is 0 Å². The van der Waals surface area contributed by atoms with Gasteiger partial charge in [0.1, 0.15) is 6.54 Å². The molecule has 0 saturated carbocycles. The molecule has 6 heteroatoms. The van der Waals surface area contributed by atoms with Crippen LogP contribution in [0, 0.1) is 6.92 Å². The van der Waals surface area contributed by atoms with Crippen molar-refractivity contribution in [2.24, 2.45) is 0 Å². The number of imidazole rings is 1. The molecule has 4 rings (SSSR count).